The van der Waals surface area contributed by atoms with Crippen molar-refractivity contribution in [3.8, 4) is 0 Å². The number of rotatable bonds is 0. The Morgan fingerprint density at radius 3 is 1.70 bits per heavy atom. The minimum absolute atomic E-state index is 0.723. The zero-order chi connectivity index (χ0) is 76.7. The van der Waals surface area contributed by atoms with Crippen LogP contribution in [0.15, 0.2) is 261 Å². The van der Waals surface area contributed by atoms with Crippen molar-refractivity contribution in [1.82, 2.24) is 73.8 Å². The first-order valence-corrected chi connectivity index (χ1v) is 37.4. The van der Waals surface area contributed by atoms with E-state index in [-0.39, 0.29) is 0 Å². The molecule has 0 atom stereocenters. The third-order valence-electron chi connectivity index (χ3n) is 16.8. The van der Waals surface area contributed by atoms with Crippen molar-refractivity contribution in [2.45, 2.75) is 141 Å². The van der Waals surface area contributed by atoms with Crippen LogP contribution < -0.4 is 10.7 Å². The number of aromatic nitrogens is 15. The van der Waals surface area contributed by atoms with Gasteiger partial charge in [0.05, 0.1) is 60.9 Å². The van der Waals surface area contributed by atoms with Gasteiger partial charge in [0.2, 0.25) is 0 Å². The van der Waals surface area contributed by atoms with Gasteiger partial charge in [-0.15, -0.1) is 11.3 Å². The average Bonchev–Trinajstić information content (AvgIpc) is 1.85. The SMILES string of the molecule is CC1=NC2=C(CCCC2)C1.CC1=Nc2ccccc2C1.CC1=Nc2ccccc2C1.CC1=Nc2cccnc2C1.Cc1ccccn1.Cc1cn2ccccc2n1.Cc1cnc2ccccc2n1.Cc1nc2c([nH]1)=CCC=2.Cc1nc2ccccc2o1.Cc1nc2ccccn2n1.Cc1ncc[nH]1.Cc1nccs1. The number of nitrogens with zero attached hydrogens (tertiary/aromatic N) is 17. The Morgan fingerprint density at radius 1 is 0.450 bits per heavy atom. The van der Waals surface area contributed by atoms with E-state index in [1.165, 1.54) is 71.4 Å². The highest BCUT2D eigenvalue weighted by molar-refractivity contribution is 7.09. The molecule has 2 N–H and O–H groups in total. The molecule has 4 aromatic carbocycles. The molecule has 0 radical (unpaired) electrons. The lowest BCUT2D eigenvalue weighted by Gasteiger charge is -2.10. The first-order chi connectivity index (χ1) is 52.9. The number of hydrogen-bond donors (Lipinski definition) is 2. The molecule has 21 rings (SSSR count). The normalized spacial score (nSPS) is 13.0. The lowest BCUT2D eigenvalue weighted by Crippen LogP contribution is -2.19. The number of para-hydroxylation sites is 6. The number of fused-ring (bicyclic) bond motifs is 8. The van der Waals surface area contributed by atoms with Crippen molar-refractivity contribution in [3.63, 3.8) is 0 Å². The van der Waals surface area contributed by atoms with E-state index < -0.39 is 0 Å². The number of H-pyrrole nitrogens is 2. The van der Waals surface area contributed by atoms with Gasteiger partial charge in [0, 0.05) is 128 Å². The molecule has 0 saturated heterocycles. The summed E-state index contributed by atoms with van der Waals surface area (Å²) in [6.45, 7) is 23.8. The van der Waals surface area contributed by atoms with Crippen LogP contribution in [0.3, 0.4) is 0 Å². The maximum absolute atomic E-state index is 5.26. The molecule has 0 bridgehead atoms. The van der Waals surface area contributed by atoms with Gasteiger partial charge in [0.15, 0.2) is 17.1 Å². The average molecular weight is 1470 g/mol. The van der Waals surface area contributed by atoms with E-state index >= 15 is 0 Å². The number of benzene rings is 4. The van der Waals surface area contributed by atoms with Crippen molar-refractivity contribution < 1.29 is 4.42 Å². The standard InChI is InChI=1S/C9H8N2.C9H13N.2C9H9N.2C8H8N2.C8H7NO.C7H7N3.C7H8N2.C6H7N.C4H6N2.C4H5NS/c1-7-6-10-8-4-2-3-5-9(8)11-7;3*1-7-6-8-4-2-3-5-9(8)10-7;1-6-5-8-7(10-6)3-2-4-9-8;1-7-6-10-5-3-2-4-8(10)9-7;1-6-9-7-4-2-3-5-8(7)10-6;1-6-8-7-4-2-3-5-10(7)9-6;1-5-8-6-3-2-4-7(6)9-5;1-6-4-2-3-5-7-6;2*1-4-5-2-3-6-4/h2-6H,1H3;2-6H2,1H3;2*2-5H,6H2,1H3;2-4H,5H2,1H3;2-6H,1H3;2*2-5H,1H3;3-4H,2H2,1H3,(H,8,9);2-5H,1H3;2-3H,1H3,(H,5,6);2-3H,1H3. The molecule has 15 aromatic rings. The molecule has 0 fully saturated rings. The largest absolute Gasteiger partial charge is 0.441 e. The third kappa shape index (κ3) is 25.6. The second kappa shape index (κ2) is 40.9. The molecule has 15 heterocycles. The van der Waals surface area contributed by atoms with Crippen LogP contribution in [0.5, 0.6) is 0 Å². The summed E-state index contributed by atoms with van der Waals surface area (Å²) in [5.74, 6) is 3.51. The summed E-state index contributed by atoms with van der Waals surface area (Å²) in [5, 5.41) is 9.53. The number of nitrogens with one attached hydrogen (secondary N) is 2. The molecule has 6 aliphatic rings. The van der Waals surface area contributed by atoms with E-state index in [2.05, 4.69) is 154 Å². The summed E-state index contributed by atoms with van der Waals surface area (Å²) in [4.78, 5) is 64.9. The molecule has 0 spiro atoms. The molecular weight excluding hydrogens is 1370 g/mol. The van der Waals surface area contributed by atoms with Gasteiger partial charge in [-0.2, -0.15) is 5.10 Å². The Hall–Kier alpha value is -12.5. The molecular formula is C88H95N19OS. The van der Waals surface area contributed by atoms with E-state index in [0.717, 1.165) is 138 Å². The Labute approximate surface area is 641 Å². The number of aryl methyl sites for hydroxylation is 8. The van der Waals surface area contributed by atoms with Gasteiger partial charge < -0.3 is 18.8 Å². The quantitative estimate of drug-likeness (QED) is 0.144. The summed E-state index contributed by atoms with van der Waals surface area (Å²) in [5.41, 5.74) is 23.9. The predicted octanol–water partition coefficient (Wildman–Crippen LogP) is 19.1. The highest BCUT2D eigenvalue weighted by atomic mass is 32.1. The van der Waals surface area contributed by atoms with Gasteiger partial charge in [-0.25, -0.2) is 34.4 Å². The van der Waals surface area contributed by atoms with Crippen molar-refractivity contribution in [2.75, 3.05) is 0 Å². The molecule has 0 amide bonds. The Balaban J connectivity index is 0.000000127. The van der Waals surface area contributed by atoms with Crippen LogP contribution in [-0.2, 0) is 19.3 Å². The monoisotopic (exact) mass is 1470 g/mol. The van der Waals surface area contributed by atoms with Crippen LogP contribution >= 0.6 is 11.3 Å². The van der Waals surface area contributed by atoms with Crippen LogP contribution in [-0.4, -0.2) is 96.7 Å². The fourth-order valence-electron chi connectivity index (χ4n) is 11.8. The molecule has 4 aliphatic heterocycles. The number of imidazole rings is 3. The van der Waals surface area contributed by atoms with E-state index in [1.54, 1.807) is 52.4 Å². The number of aromatic amines is 2. The predicted molar refractivity (Wildman–Crippen MR) is 446 cm³/mol. The van der Waals surface area contributed by atoms with Crippen molar-refractivity contribution in [3.05, 3.63) is 309 Å². The molecule has 21 heteroatoms. The first kappa shape index (κ1) is 79.1. The number of thiazole rings is 1. The second-order valence-corrected chi connectivity index (χ2v) is 27.4. The van der Waals surface area contributed by atoms with Crippen LogP contribution in [0.4, 0.5) is 17.1 Å². The fourth-order valence-corrected chi connectivity index (χ4v) is 12.3. The summed E-state index contributed by atoms with van der Waals surface area (Å²) >= 11 is 1.67. The van der Waals surface area contributed by atoms with E-state index in [0.29, 0.717) is 0 Å². The van der Waals surface area contributed by atoms with Crippen molar-refractivity contribution in [2.24, 2.45) is 20.0 Å². The zero-order valence-electron chi connectivity index (χ0n) is 64.3. The maximum Gasteiger partial charge on any atom is 0.192 e. The van der Waals surface area contributed by atoms with Gasteiger partial charge >= 0.3 is 0 Å². The Bertz CT molecular complexity index is 5180. The Kier molecular flexibility index (Phi) is 29.6. The van der Waals surface area contributed by atoms with E-state index in [4.69, 9.17) is 4.42 Å². The third-order valence-corrected chi connectivity index (χ3v) is 17.5. The summed E-state index contributed by atoms with van der Waals surface area (Å²) in [6, 6.07) is 53.7. The van der Waals surface area contributed by atoms with E-state index in [1.807, 2.05) is 224 Å². The van der Waals surface area contributed by atoms with Crippen molar-refractivity contribution >= 4 is 96.8 Å². The van der Waals surface area contributed by atoms with Gasteiger partial charge in [-0.05, 0) is 210 Å². The molecule has 11 aromatic heterocycles. The van der Waals surface area contributed by atoms with Crippen LogP contribution in [0.1, 0.15) is 128 Å². The molecule has 109 heavy (non-hydrogen) atoms. The van der Waals surface area contributed by atoms with Crippen LogP contribution in [0.25, 0.3) is 45.6 Å². The summed E-state index contributed by atoms with van der Waals surface area (Å²) in [7, 11) is 0. The number of allylic oxidation sites excluding steroid dienone is 2. The highest BCUT2D eigenvalue weighted by Crippen LogP contribution is 2.33. The van der Waals surface area contributed by atoms with Crippen LogP contribution in [0, 0.1) is 55.4 Å². The molecule has 20 nitrogen and oxygen atoms in total. The number of aliphatic imine (C=N–C) groups is 4. The van der Waals surface area contributed by atoms with E-state index in [9.17, 15) is 0 Å². The maximum atomic E-state index is 5.26. The molecule has 0 unspecified atom stereocenters. The number of oxazole rings is 1. The Morgan fingerprint density at radius 2 is 1.09 bits per heavy atom. The minimum atomic E-state index is 0.723. The van der Waals surface area contributed by atoms with Gasteiger partial charge in [-0.1, -0.05) is 91.0 Å². The lowest BCUT2D eigenvalue weighted by atomic mass is 9.96. The first-order valence-electron chi connectivity index (χ1n) is 36.5. The summed E-state index contributed by atoms with van der Waals surface area (Å²) < 4.78 is 9.03. The van der Waals surface area contributed by atoms with Gasteiger partial charge in [0.25, 0.3) is 0 Å². The van der Waals surface area contributed by atoms with Crippen LogP contribution in [0.2, 0.25) is 0 Å². The fraction of sp³-hybridized carbons (Fsp3) is 0.239. The summed E-state index contributed by atoms with van der Waals surface area (Å²) in [6.07, 6.45) is 31.4. The molecule has 0 saturated carbocycles. The highest BCUT2D eigenvalue weighted by Gasteiger charge is 2.18. The number of pyridine rings is 4. The zero-order valence-corrected chi connectivity index (χ0v) is 65.1. The lowest BCUT2D eigenvalue weighted by molar-refractivity contribution is 0.561. The number of hydrogen-bond acceptors (Lipinski definition) is 17. The van der Waals surface area contributed by atoms with Gasteiger partial charge in [0.1, 0.15) is 28.6 Å². The second-order valence-electron chi connectivity index (χ2n) is 26.3. The minimum Gasteiger partial charge on any atom is -0.441 e. The smallest absolute Gasteiger partial charge is 0.192 e. The molecule has 2 aliphatic carbocycles. The molecule has 554 valence electrons. The van der Waals surface area contributed by atoms with Crippen molar-refractivity contribution in [1.29, 1.82) is 0 Å². The topological polar surface area (TPSA) is 245 Å². The van der Waals surface area contributed by atoms with Gasteiger partial charge in [-0.3, -0.25) is 39.9 Å².